The standard InChI is InChI=1S/C18H33N3O3S/c1-19-13-8-14-20(25(19,23)24)15-18(22)21(16-9-4-2-5-10-16)17-11-6-3-7-12-17/h16-17H,2-15H2,1H3. The minimum absolute atomic E-state index is 0.0136. The van der Waals surface area contributed by atoms with Crippen LogP contribution in [-0.4, -0.2) is 66.6 Å². The number of hydrogen-bond donors (Lipinski definition) is 0. The Bertz CT molecular complexity index is 536. The minimum atomic E-state index is -3.47. The summed E-state index contributed by atoms with van der Waals surface area (Å²) in [6, 6.07) is 0.629. The van der Waals surface area contributed by atoms with Gasteiger partial charge in [0.2, 0.25) is 5.91 Å². The van der Waals surface area contributed by atoms with Gasteiger partial charge in [-0.15, -0.1) is 0 Å². The maximum absolute atomic E-state index is 13.2. The zero-order valence-electron chi connectivity index (χ0n) is 15.5. The van der Waals surface area contributed by atoms with Gasteiger partial charge in [-0.2, -0.15) is 17.0 Å². The number of amides is 1. The molecule has 25 heavy (non-hydrogen) atoms. The van der Waals surface area contributed by atoms with Crippen LogP contribution in [0.25, 0.3) is 0 Å². The molecule has 3 fully saturated rings. The van der Waals surface area contributed by atoms with Crippen LogP contribution in [0, 0.1) is 0 Å². The Morgan fingerprint density at radius 1 is 0.880 bits per heavy atom. The van der Waals surface area contributed by atoms with Gasteiger partial charge in [-0.25, -0.2) is 0 Å². The smallest absolute Gasteiger partial charge is 0.282 e. The Balaban J connectivity index is 1.73. The molecule has 0 atom stereocenters. The summed E-state index contributed by atoms with van der Waals surface area (Å²) >= 11 is 0. The van der Waals surface area contributed by atoms with E-state index in [-0.39, 0.29) is 12.5 Å². The summed E-state index contributed by atoms with van der Waals surface area (Å²) < 4.78 is 27.8. The Kier molecular flexibility index (Phi) is 6.39. The molecule has 0 radical (unpaired) electrons. The number of carbonyl (C=O) groups excluding carboxylic acids is 1. The molecule has 144 valence electrons. The second-order valence-corrected chi connectivity index (χ2v) is 9.94. The van der Waals surface area contributed by atoms with Crippen molar-refractivity contribution < 1.29 is 13.2 Å². The molecule has 7 heteroatoms. The maximum Gasteiger partial charge on any atom is 0.282 e. The molecule has 0 aromatic heterocycles. The first-order valence-corrected chi connectivity index (χ1v) is 11.4. The topological polar surface area (TPSA) is 60.9 Å². The van der Waals surface area contributed by atoms with E-state index in [0.29, 0.717) is 25.2 Å². The highest BCUT2D eigenvalue weighted by molar-refractivity contribution is 7.86. The highest BCUT2D eigenvalue weighted by Crippen LogP contribution is 2.30. The lowest BCUT2D eigenvalue weighted by Gasteiger charge is -2.43. The molecule has 2 aliphatic carbocycles. The first-order valence-electron chi connectivity index (χ1n) is 10.0. The molecule has 2 saturated carbocycles. The van der Waals surface area contributed by atoms with Gasteiger partial charge in [0.25, 0.3) is 10.2 Å². The van der Waals surface area contributed by atoms with Crippen molar-refractivity contribution in [1.82, 2.24) is 13.5 Å². The molecule has 1 aliphatic heterocycles. The van der Waals surface area contributed by atoms with Crippen molar-refractivity contribution in [3.8, 4) is 0 Å². The molecular formula is C18H33N3O3S. The molecule has 1 amide bonds. The summed E-state index contributed by atoms with van der Waals surface area (Å²) in [7, 11) is -1.87. The quantitative estimate of drug-likeness (QED) is 0.762. The van der Waals surface area contributed by atoms with Crippen LogP contribution in [0.1, 0.15) is 70.6 Å². The van der Waals surface area contributed by atoms with Gasteiger partial charge in [0.1, 0.15) is 0 Å². The van der Waals surface area contributed by atoms with Gasteiger partial charge in [-0.05, 0) is 32.1 Å². The molecule has 0 spiro atoms. The van der Waals surface area contributed by atoms with Gasteiger partial charge in [-0.3, -0.25) is 4.79 Å². The zero-order valence-corrected chi connectivity index (χ0v) is 16.3. The number of hydrogen-bond acceptors (Lipinski definition) is 3. The van der Waals surface area contributed by atoms with Crippen LogP contribution in [0.5, 0.6) is 0 Å². The van der Waals surface area contributed by atoms with Gasteiger partial charge in [0.05, 0.1) is 6.54 Å². The predicted octanol–water partition coefficient (Wildman–Crippen LogP) is 2.36. The molecule has 1 saturated heterocycles. The van der Waals surface area contributed by atoms with E-state index in [1.807, 2.05) is 0 Å². The van der Waals surface area contributed by atoms with E-state index in [1.54, 1.807) is 7.05 Å². The fraction of sp³-hybridized carbons (Fsp3) is 0.944. The Hall–Kier alpha value is -0.660. The normalized spacial score (nSPS) is 27.2. The van der Waals surface area contributed by atoms with Crippen molar-refractivity contribution in [2.45, 2.75) is 82.7 Å². The van der Waals surface area contributed by atoms with Gasteiger partial charge in [0, 0.05) is 32.2 Å². The van der Waals surface area contributed by atoms with Crippen LogP contribution >= 0.6 is 0 Å². The van der Waals surface area contributed by atoms with E-state index in [0.717, 1.165) is 32.1 Å². The van der Waals surface area contributed by atoms with E-state index >= 15 is 0 Å². The van der Waals surface area contributed by atoms with Gasteiger partial charge >= 0.3 is 0 Å². The van der Waals surface area contributed by atoms with Crippen LogP contribution in [0.2, 0.25) is 0 Å². The van der Waals surface area contributed by atoms with E-state index in [2.05, 4.69) is 4.90 Å². The van der Waals surface area contributed by atoms with Crippen molar-refractivity contribution in [1.29, 1.82) is 0 Å². The third kappa shape index (κ3) is 4.37. The molecule has 0 aromatic carbocycles. The Labute approximate surface area is 152 Å². The molecule has 3 rings (SSSR count). The van der Waals surface area contributed by atoms with Crippen molar-refractivity contribution in [2.24, 2.45) is 0 Å². The highest BCUT2D eigenvalue weighted by atomic mass is 32.2. The van der Waals surface area contributed by atoms with Crippen LogP contribution in [0.15, 0.2) is 0 Å². The van der Waals surface area contributed by atoms with Gasteiger partial charge < -0.3 is 4.90 Å². The molecule has 3 aliphatic rings. The highest BCUT2D eigenvalue weighted by Gasteiger charge is 2.37. The van der Waals surface area contributed by atoms with E-state index < -0.39 is 10.2 Å². The second kappa shape index (κ2) is 8.35. The van der Waals surface area contributed by atoms with Crippen LogP contribution in [0.3, 0.4) is 0 Å². The van der Waals surface area contributed by atoms with Crippen LogP contribution < -0.4 is 0 Å². The van der Waals surface area contributed by atoms with Crippen LogP contribution in [-0.2, 0) is 15.0 Å². The zero-order chi connectivity index (χ0) is 17.9. The summed E-state index contributed by atoms with van der Waals surface area (Å²) in [5.41, 5.74) is 0. The first kappa shape index (κ1) is 19.1. The second-order valence-electron chi connectivity index (χ2n) is 7.90. The molecule has 0 bridgehead atoms. The summed E-state index contributed by atoms with van der Waals surface area (Å²) in [6.07, 6.45) is 12.4. The Morgan fingerprint density at radius 2 is 1.40 bits per heavy atom. The van der Waals surface area contributed by atoms with E-state index in [4.69, 9.17) is 0 Å². The lowest BCUT2D eigenvalue weighted by molar-refractivity contribution is -0.138. The van der Waals surface area contributed by atoms with Crippen molar-refractivity contribution in [2.75, 3.05) is 26.7 Å². The maximum atomic E-state index is 13.2. The lowest BCUT2D eigenvalue weighted by Crippen LogP contribution is -2.55. The van der Waals surface area contributed by atoms with Crippen molar-refractivity contribution in [3.63, 3.8) is 0 Å². The SMILES string of the molecule is CN1CCCN(CC(=O)N(C2CCCCC2)C2CCCCC2)S1(=O)=O. The third-order valence-electron chi connectivity index (χ3n) is 6.14. The fourth-order valence-corrected chi connectivity index (χ4v) is 6.10. The van der Waals surface area contributed by atoms with E-state index in [1.165, 1.54) is 47.1 Å². The molecular weight excluding hydrogens is 338 g/mol. The van der Waals surface area contributed by atoms with Crippen LogP contribution in [0.4, 0.5) is 0 Å². The van der Waals surface area contributed by atoms with Crippen molar-refractivity contribution >= 4 is 16.1 Å². The Morgan fingerprint density at radius 3 is 1.92 bits per heavy atom. The number of nitrogens with zero attached hydrogens (tertiary/aromatic N) is 3. The largest absolute Gasteiger partial charge is 0.336 e. The molecule has 1 heterocycles. The summed E-state index contributed by atoms with van der Waals surface area (Å²) in [5.74, 6) is 0.0256. The molecule has 0 N–H and O–H groups in total. The third-order valence-corrected chi connectivity index (χ3v) is 8.07. The average molecular weight is 372 g/mol. The monoisotopic (exact) mass is 371 g/mol. The predicted molar refractivity (Wildman–Crippen MR) is 98.3 cm³/mol. The minimum Gasteiger partial charge on any atom is -0.336 e. The lowest BCUT2D eigenvalue weighted by atomic mass is 9.88. The molecule has 0 aromatic rings. The summed E-state index contributed by atoms with van der Waals surface area (Å²) in [5, 5.41) is 0. The average Bonchev–Trinajstić information content (AvgIpc) is 2.61. The molecule has 0 unspecified atom stereocenters. The first-order chi connectivity index (χ1) is 12.0. The summed E-state index contributed by atoms with van der Waals surface area (Å²) in [4.78, 5) is 15.3. The van der Waals surface area contributed by atoms with Crippen molar-refractivity contribution in [3.05, 3.63) is 0 Å². The fourth-order valence-electron chi connectivity index (χ4n) is 4.71. The van der Waals surface area contributed by atoms with Gasteiger partial charge in [-0.1, -0.05) is 38.5 Å². The number of carbonyl (C=O) groups is 1. The molecule has 6 nitrogen and oxygen atoms in total. The van der Waals surface area contributed by atoms with Gasteiger partial charge in [0.15, 0.2) is 0 Å². The van der Waals surface area contributed by atoms with E-state index in [9.17, 15) is 13.2 Å². The summed E-state index contributed by atoms with van der Waals surface area (Å²) in [6.45, 7) is 1.02. The number of rotatable bonds is 4.